The molecule has 0 atom stereocenters. The van der Waals surface area contributed by atoms with E-state index < -0.39 is 15.0 Å². The molecule has 7 heteroatoms. The Morgan fingerprint density at radius 1 is 1.41 bits per heavy atom. The standard InChI is InChI=1S/C10H8ClNO4S/c1-5-7-4-6(17(11,15)16)2-3-8(7)12-9(5)10(13)14/h2-4,12H,1H3,(H,13,14). The predicted molar refractivity (Wildman–Crippen MR) is 63.0 cm³/mol. The van der Waals surface area contributed by atoms with E-state index in [0.717, 1.165) is 0 Å². The number of hydrogen-bond acceptors (Lipinski definition) is 3. The molecule has 0 unspecified atom stereocenters. The SMILES string of the molecule is Cc1c(C(=O)O)[nH]c2ccc(S(=O)(=O)Cl)cc12. The van der Waals surface area contributed by atoms with E-state index in [1.165, 1.54) is 18.2 Å². The van der Waals surface area contributed by atoms with Crippen LogP contribution in [0, 0.1) is 6.92 Å². The van der Waals surface area contributed by atoms with Crippen molar-refractivity contribution in [3.05, 3.63) is 29.5 Å². The predicted octanol–water partition coefficient (Wildman–Crippen LogP) is 2.10. The van der Waals surface area contributed by atoms with Crippen LogP contribution >= 0.6 is 10.7 Å². The molecule has 0 bridgehead atoms. The van der Waals surface area contributed by atoms with E-state index in [2.05, 4.69) is 4.98 Å². The Kier molecular flexibility index (Phi) is 2.63. The van der Waals surface area contributed by atoms with Gasteiger partial charge in [-0.25, -0.2) is 13.2 Å². The van der Waals surface area contributed by atoms with Gasteiger partial charge in [0.25, 0.3) is 9.05 Å². The van der Waals surface area contributed by atoms with Crippen molar-refractivity contribution < 1.29 is 18.3 Å². The number of halogens is 1. The van der Waals surface area contributed by atoms with Crippen LogP contribution in [0.1, 0.15) is 16.1 Å². The summed E-state index contributed by atoms with van der Waals surface area (Å²) in [6, 6.07) is 4.17. The van der Waals surface area contributed by atoms with Crippen LogP contribution in [-0.2, 0) is 9.05 Å². The number of aromatic amines is 1. The number of H-pyrrole nitrogens is 1. The molecule has 90 valence electrons. The lowest BCUT2D eigenvalue weighted by Crippen LogP contribution is -1.98. The fourth-order valence-electron chi connectivity index (χ4n) is 1.67. The molecule has 0 aliphatic heterocycles. The summed E-state index contributed by atoms with van der Waals surface area (Å²) >= 11 is 0. The van der Waals surface area contributed by atoms with Gasteiger partial charge in [-0.3, -0.25) is 0 Å². The van der Waals surface area contributed by atoms with Gasteiger partial charge in [0.15, 0.2) is 0 Å². The number of fused-ring (bicyclic) bond motifs is 1. The van der Waals surface area contributed by atoms with E-state index in [-0.39, 0.29) is 10.6 Å². The van der Waals surface area contributed by atoms with Gasteiger partial charge in [-0.15, -0.1) is 0 Å². The van der Waals surface area contributed by atoms with Crippen LogP contribution in [0.3, 0.4) is 0 Å². The Hall–Kier alpha value is -1.53. The van der Waals surface area contributed by atoms with Crippen LogP contribution in [-0.4, -0.2) is 24.5 Å². The maximum atomic E-state index is 11.2. The minimum absolute atomic E-state index is 0.0455. The Morgan fingerprint density at radius 3 is 2.59 bits per heavy atom. The number of carboxylic acids is 1. The number of aryl methyl sites for hydroxylation is 1. The van der Waals surface area contributed by atoms with Gasteiger partial charge in [-0.2, -0.15) is 0 Å². The molecule has 1 aromatic carbocycles. The second-order valence-corrected chi connectivity index (χ2v) is 6.14. The number of carboxylic acid groups (broad SMARTS) is 1. The smallest absolute Gasteiger partial charge is 0.352 e. The van der Waals surface area contributed by atoms with Gasteiger partial charge in [-0.1, -0.05) is 0 Å². The number of aromatic nitrogens is 1. The third-order valence-corrected chi connectivity index (χ3v) is 3.88. The molecule has 2 rings (SSSR count). The summed E-state index contributed by atoms with van der Waals surface area (Å²) < 4.78 is 22.3. The van der Waals surface area contributed by atoms with Crippen LogP contribution in [0.15, 0.2) is 23.1 Å². The van der Waals surface area contributed by atoms with Gasteiger partial charge >= 0.3 is 5.97 Å². The van der Waals surface area contributed by atoms with Gasteiger partial charge in [-0.05, 0) is 30.7 Å². The first-order valence-electron chi connectivity index (χ1n) is 4.61. The molecule has 5 nitrogen and oxygen atoms in total. The van der Waals surface area contributed by atoms with Crippen LogP contribution in [0.5, 0.6) is 0 Å². The van der Waals surface area contributed by atoms with Gasteiger partial charge in [0.05, 0.1) is 4.90 Å². The lowest BCUT2D eigenvalue weighted by Gasteiger charge is -1.96. The fraction of sp³-hybridized carbons (Fsp3) is 0.100. The van der Waals surface area contributed by atoms with Gasteiger partial charge in [0.2, 0.25) is 0 Å². The zero-order chi connectivity index (χ0) is 12.8. The summed E-state index contributed by atoms with van der Waals surface area (Å²) in [5.74, 6) is -1.09. The van der Waals surface area contributed by atoms with Crippen molar-refractivity contribution in [2.45, 2.75) is 11.8 Å². The first-order valence-corrected chi connectivity index (χ1v) is 6.92. The van der Waals surface area contributed by atoms with Crippen molar-refractivity contribution in [1.82, 2.24) is 4.98 Å². The van der Waals surface area contributed by atoms with E-state index in [0.29, 0.717) is 16.5 Å². The normalized spacial score (nSPS) is 11.9. The highest BCUT2D eigenvalue weighted by Gasteiger charge is 2.16. The zero-order valence-electron chi connectivity index (χ0n) is 8.69. The van der Waals surface area contributed by atoms with E-state index in [9.17, 15) is 13.2 Å². The first-order chi connectivity index (χ1) is 7.80. The quantitative estimate of drug-likeness (QED) is 0.820. The Labute approximate surface area is 101 Å². The van der Waals surface area contributed by atoms with Crippen molar-refractivity contribution >= 4 is 36.6 Å². The molecule has 0 aliphatic carbocycles. The molecule has 0 spiro atoms. The van der Waals surface area contributed by atoms with E-state index in [4.69, 9.17) is 15.8 Å². The summed E-state index contributed by atoms with van der Waals surface area (Å²) in [6.07, 6.45) is 0. The molecule has 0 aliphatic rings. The summed E-state index contributed by atoms with van der Waals surface area (Å²) in [5.41, 5.74) is 1.09. The minimum atomic E-state index is -3.81. The van der Waals surface area contributed by atoms with Crippen molar-refractivity contribution in [1.29, 1.82) is 0 Å². The topological polar surface area (TPSA) is 87.2 Å². The second kappa shape index (κ2) is 3.75. The Balaban J connectivity index is 2.78. The van der Waals surface area contributed by atoms with Gasteiger partial charge in [0, 0.05) is 21.6 Å². The highest BCUT2D eigenvalue weighted by atomic mass is 35.7. The zero-order valence-corrected chi connectivity index (χ0v) is 10.3. The summed E-state index contributed by atoms with van der Waals surface area (Å²) in [5, 5.41) is 9.45. The second-order valence-electron chi connectivity index (χ2n) is 3.58. The third kappa shape index (κ3) is 2.01. The number of nitrogens with one attached hydrogen (secondary N) is 1. The highest BCUT2D eigenvalue weighted by molar-refractivity contribution is 8.13. The first kappa shape index (κ1) is 11.9. The Morgan fingerprint density at radius 2 is 2.06 bits per heavy atom. The fourth-order valence-corrected chi connectivity index (χ4v) is 2.45. The van der Waals surface area contributed by atoms with Crippen LogP contribution < -0.4 is 0 Å². The van der Waals surface area contributed by atoms with E-state index in [1.807, 2.05) is 0 Å². The van der Waals surface area contributed by atoms with Crippen molar-refractivity contribution in [3.63, 3.8) is 0 Å². The summed E-state index contributed by atoms with van der Waals surface area (Å²) in [7, 11) is 1.42. The van der Waals surface area contributed by atoms with E-state index >= 15 is 0 Å². The van der Waals surface area contributed by atoms with Crippen LogP contribution in [0.25, 0.3) is 10.9 Å². The molecule has 2 aromatic rings. The number of benzene rings is 1. The van der Waals surface area contributed by atoms with Crippen molar-refractivity contribution in [2.24, 2.45) is 0 Å². The molecule has 0 amide bonds. The minimum Gasteiger partial charge on any atom is -0.477 e. The van der Waals surface area contributed by atoms with Crippen LogP contribution in [0.4, 0.5) is 0 Å². The summed E-state index contributed by atoms with van der Waals surface area (Å²) in [4.78, 5) is 13.6. The number of rotatable bonds is 2. The number of aromatic carboxylic acids is 1. The molecule has 0 saturated heterocycles. The van der Waals surface area contributed by atoms with E-state index in [1.54, 1.807) is 6.92 Å². The average molecular weight is 274 g/mol. The largest absolute Gasteiger partial charge is 0.477 e. The Bertz CT molecular complexity index is 717. The molecule has 0 radical (unpaired) electrons. The maximum Gasteiger partial charge on any atom is 0.352 e. The average Bonchev–Trinajstić information content (AvgIpc) is 2.54. The molecular formula is C10H8ClNO4S. The van der Waals surface area contributed by atoms with Crippen molar-refractivity contribution in [2.75, 3.05) is 0 Å². The summed E-state index contributed by atoms with van der Waals surface area (Å²) in [6.45, 7) is 1.60. The van der Waals surface area contributed by atoms with Crippen molar-refractivity contribution in [3.8, 4) is 0 Å². The molecular weight excluding hydrogens is 266 g/mol. The molecule has 17 heavy (non-hydrogen) atoms. The third-order valence-electron chi connectivity index (χ3n) is 2.53. The molecule has 0 saturated carbocycles. The monoisotopic (exact) mass is 273 g/mol. The van der Waals surface area contributed by atoms with Crippen LogP contribution in [0.2, 0.25) is 0 Å². The highest BCUT2D eigenvalue weighted by Crippen LogP contribution is 2.26. The van der Waals surface area contributed by atoms with Gasteiger partial charge < -0.3 is 10.1 Å². The molecule has 0 fully saturated rings. The maximum absolute atomic E-state index is 11.2. The lowest BCUT2D eigenvalue weighted by atomic mass is 10.1. The lowest BCUT2D eigenvalue weighted by molar-refractivity contribution is 0.0690. The number of hydrogen-bond donors (Lipinski definition) is 2. The van der Waals surface area contributed by atoms with Gasteiger partial charge in [0.1, 0.15) is 5.69 Å². The number of carbonyl (C=O) groups is 1. The molecule has 1 aromatic heterocycles. The molecule has 1 heterocycles. The molecule has 2 N–H and O–H groups in total.